The average molecular weight is 418 g/mol. The summed E-state index contributed by atoms with van der Waals surface area (Å²) in [6.45, 7) is 1.73. The van der Waals surface area contributed by atoms with Crippen molar-refractivity contribution in [3.05, 3.63) is 46.0 Å². The molecule has 0 atom stereocenters. The summed E-state index contributed by atoms with van der Waals surface area (Å²) in [4.78, 5) is 30.6. The van der Waals surface area contributed by atoms with Crippen molar-refractivity contribution in [3.63, 3.8) is 0 Å². The van der Waals surface area contributed by atoms with Crippen molar-refractivity contribution in [2.24, 2.45) is 0 Å². The lowest BCUT2D eigenvalue weighted by atomic mass is 10.2. The zero-order valence-electron chi connectivity index (χ0n) is 17.3. The lowest BCUT2D eigenvalue weighted by Crippen LogP contribution is -3.05. The third-order valence-corrected chi connectivity index (χ3v) is 5.99. The Balaban J connectivity index is 1.64. The number of hydrogen-bond donors (Lipinski definition) is 2. The minimum atomic E-state index is -0.197. The summed E-state index contributed by atoms with van der Waals surface area (Å²) in [6, 6.07) is 7.20. The highest BCUT2D eigenvalue weighted by Crippen LogP contribution is 2.29. The predicted octanol–water partition coefficient (Wildman–Crippen LogP) is 1.01. The molecule has 0 unspecified atom stereocenters. The van der Waals surface area contributed by atoms with Crippen molar-refractivity contribution in [1.82, 2.24) is 9.55 Å². The van der Waals surface area contributed by atoms with Crippen LogP contribution in [-0.2, 0) is 24.2 Å². The molecule has 0 aliphatic heterocycles. The van der Waals surface area contributed by atoms with Gasteiger partial charge in [0.2, 0.25) is 5.91 Å². The predicted molar refractivity (Wildman–Crippen MR) is 115 cm³/mol. The van der Waals surface area contributed by atoms with E-state index >= 15 is 0 Å². The number of quaternary nitrogens is 1. The van der Waals surface area contributed by atoms with Gasteiger partial charge in [-0.3, -0.25) is 9.36 Å². The van der Waals surface area contributed by atoms with Gasteiger partial charge < -0.3 is 15.0 Å². The molecule has 0 fully saturated rings. The average Bonchev–Trinajstić information content (AvgIpc) is 3.18. The van der Waals surface area contributed by atoms with E-state index in [4.69, 9.17) is 4.74 Å². The van der Waals surface area contributed by atoms with E-state index in [2.05, 4.69) is 24.4 Å². The molecule has 1 aliphatic carbocycles. The van der Waals surface area contributed by atoms with Crippen LogP contribution >= 0.6 is 11.8 Å². The number of nitrogens with one attached hydrogen (secondary N) is 2. The number of hydrogen-bond acceptors (Lipinski definition) is 5. The van der Waals surface area contributed by atoms with Crippen LogP contribution in [0.2, 0.25) is 0 Å². The van der Waals surface area contributed by atoms with Gasteiger partial charge in [0, 0.05) is 29.9 Å². The highest BCUT2D eigenvalue weighted by molar-refractivity contribution is 8.00. The number of thioether (sulfide) groups is 1. The fourth-order valence-electron chi connectivity index (χ4n) is 3.53. The number of methoxy groups -OCH3 is 1. The number of rotatable bonds is 9. The summed E-state index contributed by atoms with van der Waals surface area (Å²) in [5.41, 5.74) is 2.77. The van der Waals surface area contributed by atoms with Crippen molar-refractivity contribution < 1.29 is 14.4 Å². The fourth-order valence-corrected chi connectivity index (χ4v) is 4.41. The summed E-state index contributed by atoms with van der Waals surface area (Å²) < 4.78 is 6.96. The first-order valence-corrected chi connectivity index (χ1v) is 10.9. The van der Waals surface area contributed by atoms with Crippen molar-refractivity contribution in [2.75, 3.05) is 38.8 Å². The SMILES string of the molecule is COc1ccc(NC(=O)CSc2nc(=O)n(CCC[NH+](C)C)c3c2CCC3)cc1. The largest absolute Gasteiger partial charge is 0.497 e. The maximum Gasteiger partial charge on any atom is 0.348 e. The van der Waals surface area contributed by atoms with Crippen molar-refractivity contribution >= 4 is 23.4 Å². The summed E-state index contributed by atoms with van der Waals surface area (Å²) in [5.74, 6) is 0.843. The third kappa shape index (κ3) is 5.61. The number of benzene rings is 1. The van der Waals surface area contributed by atoms with Gasteiger partial charge in [0.1, 0.15) is 10.8 Å². The van der Waals surface area contributed by atoms with Crippen molar-refractivity contribution in [2.45, 2.75) is 37.3 Å². The van der Waals surface area contributed by atoms with E-state index in [1.807, 2.05) is 4.57 Å². The highest BCUT2D eigenvalue weighted by Gasteiger charge is 2.22. The number of amides is 1. The lowest BCUT2D eigenvalue weighted by Gasteiger charge is -2.15. The van der Waals surface area contributed by atoms with Gasteiger partial charge in [0.05, 0.1) is 33.5 Å². The second-order valence-corrected chi connectivity index (χ2v) is 8.47. The quantitative estimate of drug-likeness (QED) is 0.470. The molecule has 156 valence electrons. The van der Waals surface area contributed by atoms with Crippen LogP contribution in [0.25, 0.3) is 0 Å². The molecule has 1 aromatic heterocycles. The third-order valence-electron chi connectivity index (χ3n) is 4.97. The molecule has 0 bridgehead atoms. The van der Waals surface area contributed by atoms with Gasteiger partial charge in [0.25, 0.3) is 0 Å². The van der Waals surface area contributed by atoms with Crippen LogP contribution in [0.3, 0.4) is 0 Å². The van der Waals surface area contributed by atoms with Gasteiger partial charge >= 0.3 is 5.69 Å². The van der Waals surface area contributed by atoms with Gasteiger partial charge in [-0.15, -0.1) is 0 Å². The zero-order chi connectivity index (χ0) is 20.8. The van der Waals surface area contributed by atoms with Crippen molar-refractivity contribution in [3.8, 4) is 5.75 Å². The number of aromatic nitrogens is 2. The topological polar surface area (TPSA) is 77.7 Å². The van der Waals surface area contributed by atoms with Gasteiger partial charge in [-0.2, -0.15) is 4.98 Å². The van der Waals surface area contributed by atoms with E-state index in [1.165, 1.54) is 16.7 Å². The summed E-state index contributed by atoms with van der Waals surface area (Å²) in [5, 5.41) is 3.58. The molecule has 0 saturated heterocycles. The Morgan fingerprint density at radius 3 is 2.72 bits per heavy atom. The van der Waals surface area contributed by atoms with Crippen LogP contribution in [-0.4, -0.2) is 49.0 Å². The molecule has 0 saturated carbocycles. The first kappa shape index (κ1) is 21.4. The molecule has 0 radical (unpaired) electrons. The van der Waals surface area contributed by atoms with Gasteiger partial charge in [-0.25, -0.2) is 4.79 Å². The van der Waals surface area contributed by atoms with E-state index < -0.39 is 0 Å². The molecule has 3 rings (SSSR count). The zero-order valence-corrected chi connectivity index (χ0v) is 18.1. The number of carbonyl (C=O) groups excluding carboxylic acids is 1. The first-order chi connectivity index (χ1) is 14.0. The number of ether oxygens (including phenoxy) is 1. The number of fused-ring (bicyclic) bond motifs is 1. The lowest BCUT2D eigenvalue weighted by molar-refractivity contribution is -0.858. The second kappa shape index (κ2) is 9.93. The molecule has 1 amide bonds. The molecule has 1 heterocycles. The molecule has 0 spiro atoms. The Labute approximate surface area is 175 Å². The Bertz CT molecular complexity index is 909. The first-order valence-electron chi connectivity index (χ1n) is 9.96. The standard InChI is InChI=1S/C21H28N4O3S/c1-24(2)12-5-13-25-18-7-4-6-17(18)20(23-21(25)27)29-14-19(26)22-15-8-10-16(28-3)11-9-15/h8-11H,4-7,12-14H2,1-3H3,(H,22,26)/p+1. The Kier molecular flexibility index (Phi) is 7.33. The van der Waals surface area contributed by atoms with Crippen molar-refractivity contribution in [1.29, 1.82) is 0 Å². The highest BCUT2D eigenvalue weighted by atomic mass is 32.2. The Morgan fingerprint density at radius 2 is 2.03 bits per heavy atom. The van der Waals surface area contributed by atoms with E-state index in [1.54, 1.807) is 31.4 Å². The van der Waals surface area contributed by atoms with Gasteiger partial charge in [-0.1, -0.05) is 11.8 Å². The van der Waals surface area contributed by atoms with Crippen LogP contribution < -0.4 is 20.6 Å². The summed E-state index contributed by atoms with van der Waals surface area (Å²) in [7, 11) is 5.83. The van der Waals surface area contributed by atoms with E-state index in [0.717, 1.165) is 49.2 Å². The molecule has 8 heteroatoms. The van der Waals surface area contributed by atoms with E-state index in [9.17, 15) is 9.59 Å². The second-order valence-electron chi connectivity index (χ2n) is 7.51. The molecule has 7 nitrogen and oxygen atoms in total. The number of carbonyl (C=O) groups is 1. The van der Waals surface area contributed by atoms with E-state index in [0.29, 0.717) is 17.3 Å². The summed E-state index contributed by atoms with van der Waals surface area (Å²) >= 11 is 1.35. The minimum absolute atomic E-state index is 0.119. The maximum atomic E-state index is 12.6. The fraction of sp³-hybridized carbons (Fsp3) is 0.476. The van der Waals surface area contributed by atoms with Crippen LogP contribution in [0.5, 0.6) is 5.75 Å². The Hall–Kier alpha value is -2.32. The monoisotopic (exact) mass is 417 g/mol. The van der Waals surface area contributed by atoms with Gasteiger partial charge in [-0.05, 0) is 43.5 Å². The minimum Gasteiger partial charge on any atom is -0.497 e. The smallest absolute Gasteiger partial charge is 0.348 e. The van der Waals surface area contributed by atoms with Crippen LogP contribution in [0.4, 0.5) is 5.69 Å². The normalized spacial score (nSPS) is 12.8. The Morgan fingerprint density at radius 1 is 1.28 bits per heavy atom. The molecule has 1 aliphatic rings. The van der Waals surface area contributed by atoms with Gasteiger partial charge in [0.15, 0.2) is 0 Å². The molecule has 29 heavy (non-hydrogen) atoms. The molecule has 2 aromatic rings. The van der Waals surface area contributed by atoms with E-state index in [-0.39, 0.29) is 17.3 Å². The molecule has 1 aromatic carbocycles. The van der Waals surface area contributed by atoms with Crippen LogP contribution in [0.1, 0.15) is 24.1 Å². The van der Waals surface area contributed by atoms with Crippen LogP contribution in [0, 0.1) is 0 Å². The van der Waals surface area contributed by atoms with Crippen LogP contribution in [0.15, 0.2) is 34.1 Å². The molecule has 2 N–H and O–H groups in total. The molecular weight excluding hydrogens is 388 g/mol. The number of nitrogens with zero attached hydrogens (tertiary/aromatic N) is 2. The molecular formula is C21H29N4O3S+. The number of anilines is 1. The maximum absolute atomic E-state index is 12.6. The summed E-state index contributed by atoms with van der Waals surface area (Å²) in [6.07, 6.45) is 3.82.